The lowest BCUT2D eigenvalue weighted by molar-refractivity contribution is -0.122. The zero-order chi connectivity index (χ0) is 13.7. The van der Waals surface area contributed by atoms with Crippen LogP contribution in [0.3, 0.4) is 0 Å². The molecule has 0 atom stereocenters. The Kier molecular flexibility index (Phi) is 4.99. The van der Waals surface area contributed by atoms with Crippen LogP contribution in [-0.2, 0) is 11.2 Å². The average molecular weight is 281 g/mol. The van der Waals surface area contributed by atoms with Gasteiger partial charge in [0.2, 0.25) is 5.91 Å². The van der Waals surface area contributed by atoms with E-state index in [1.54, 1.807) is 11.3 Å². The number of hydrogen-bond acceptors (Lipinski definition) is 3. The van der Waals surface area contributed by atoms with E-state index in [0.29, 0.717) is 18.9 Å². The van der Waals surface area contributed by atoms with Gasteiger partial charge < -0.3 is 10.4 Å². The Bertz CT molecular complexity index is 394. The van der Waals surface area contributed by atoms with Crippen molar-refractivity contribution in [2.45, 2.75) is 51.0 Å². The van der Waals surface area contributed by atoms with Crippen LogP contribution in [0.1, 0.15) is 43.9 Å². The van der Waals surface area contributed by atoms with Gasteiger partial charge in [-0.2, -0.15) is 0 Å². The lowest BCUT2D eigenvalue weighted by atomic mass is 9.79. The van der Waals surface area contributed by atoms with Crippen molar-refractivity contribution in [1.82, 2.24) is 5.32 Å². The lowest BCUT2D eigenvalue weighted by Gasteiger charge is -2.34. The van der Waals surface area contributed by atoms with Crippen molar-refractivity contribution in [2.75, 3.05) is 6.54 Å². The monoisotopic (exact) mass is 281 g/mol. The van der Waals surface area contributed by atoms with Crippen LogP contribution in [0.25, 0.3) is 0 Å². The van der Waals surface area contributed by atoms with E-state index in [2.05, 4.69) is 12.2 Å². The van der Waals surface area contributed by atoms with E-state index in [1.165, 1.54) is 4.88 Å². The second-order valence-corrected chi connectivity index (χ2v) is 6.80. The van der Waals surface area contributed by atoms with Crippen LogP contribution in [0.5, 0.6) is 0 Å². The van der Waals surface area contributed by atoms with Gasteiger partial charge in [-0.25, -0.2) is 0 Å². The predicted molar refractivity (Wildman–Crippen MR) is 78.2 cm³/mol. The minimum Gasteiger partial charge on any atom is -0.388 e. The van der Waals surface area contributed by atoms with Crippen LogP contribution >= 0.6 is 11.3 Å². The third-order valence-electron chi connectivity index (χ3n) is 4.00. The molecule has 0 spiro atoms. The first-order valence-electron chi connectivity index (χ1n) is 7.09. The van der Waals surface area contributed by atoms with Crippen molar-refractivity contribution in [3.63, 3.8) is 0 Å². The first-order chi connectivity index (χ1) is 9.07. The van der Waals surface area contributed by atoms with Gasteiger partial charge >= 0.3 is 0 Å². The van der Waals surface area contributed by atoms with Crippen LogP contribution in [0.2, 0.25) is 0 Å². The molecule has 2 N–H and O–H groups in total. The summed E-state index contributed by atoms with van der Waals surface area (Å²) in [4.78, 5) is 13.0. The smallest absolute Gasteiger partial charge is 0.220 e. The molecule has 1 aliphatic rings. The molecule has 1 amide bonds. The van der Waals surface area contributed by atoms with Crippen molar-refractivity contribution >= 4 is 17.2 Å². The van der Waals surface area contributed by atoms with Gasteiger partial charge in [0.1, 0.15) is 0 Å². The maximum atomic E-state index is 11.8. The maximum Gasteiger partial charge on any atom is 0.220 e. The Balaban J connectivity index is 1.68. The Labute approximate surface area is 119 Å². The quantitative estimate of drug-likeness (QED) is 0.872. The van der Waals surface area contributed by atoms with Crippen LogP contribution in [0.4, 0.5) is 0 Å². The summed E-state index contributed by atoms with van der Waals surface area (Å²) >= 11 is 1.68. The number of aliphatic hydroxyl groups is 1. The minimum atomic E-state index is -0.675. The molecule has 4 heteroatoms. The van der Waals surface area contributed by atoms with Crippen LogP contribution in [0, 0.1) is 5.92 Å². The van der Waals surface area contributed by atoms with E-state index < -0.39 is 5.60 Å². The number of aryl methyl sites for hydroxylation is 1. The summed E-state index contributed by atoms with van der Waals surface area (Å²) in [7, 11) is 0. The molecule has 2 rings (SSSR count). The van der Waals surface area contributed by atoms with Crippen molar-refractivity contribution in [1.29, 1.82) is 0 Å². The van der Waals surface area contributed by atoms with Crippen molar-refractivity contribution < 1.29 is 9.90 Å². The summed E-state index contributed by atoms with van der Waals surface area (Å²) in [6, 6.07) is 4.05. The highest BCUT2D eigenvalue weighted by Crippen LogP contribution is 2.31. The van der Waals surface area contributed by atoms with E-state index in [1.807, 2.05) is 17.5 Å². The molecule has 1 heterocycles. The van der Waals surface area contributed by atoms with Crippen LogP contribution < -0.4 is 5.32 Å². The molecule has 106 valence electrons. The van der Waals surface area contributed by atoms with Gasteiger partial charge in [0.25, 0.3) is 0 Å². The van der Waals surface area contributed by atoms with Crippen LogP contribution in [-0.4, -0.2) is 23.2 Å². The number of nitrogens with one attached hydrogen (secondary N) is 1. The number of carbonyl (C=O) groups excluding carboxylic acids is 1. The molecule has 1 aromatic heterocycles. The molecule has 1 saturated carbocycles. The number of carbonyl (C=O) groups is 1. The fourth-order valence-electron chi connectivity index (χ4n) is 2.52. The van der Waals surface area contributed by atoms with Gasteiger partial charge in [-0.05, 0) is 49.5 Å². The molecule has 1 aromatic rings. The van der Waals surface area contributed by atoms with E-state index in [9.17, 15) is 9.90 Å². The highest BCUT2D eigenvalue weighted by atomic mass is 32.1. The molecule has 19 heavy (non-hydrogen) atoms. The van der Waals surface area contributed by atoms with Gasteiger partial charge in [-0.15, -0.1) is 11.3 Å². The molecule has 1 aliphatic carbocycles. The molecular weight excluding hydrogens is 258 g/mol. The zero-order valence-electron chi connectivity index (χ0n) is 11.5. The third-order valence-corrected chi connectivity index (χ3v) is 4.93. The normalized spacial score (nSPS) is 27.2. The number of hydrogen-bond donors (Lipinski definition) is 2. The highest BCUT2D eigenvalue weighted by molar-refractivity contribution is 7.09. The first kappa shape index (κ1) is 14.5. The molecule has 0 aromatic carbocycles. The van der Waals surface area contributed by atoms with Crippen LogP contribution in [0.15, 0.2) is 17.5 Å². The van der Waals surface area contributed by atoms with Gasteiger partial charge in [-0.3, -0.25) is 4.79 Å². The van der Waals surface area contributed by atoms with E-state index in [4.69, 9.17) is 0 Å². The zero-order valence-corrected chi connectivity index (χ0v) is 12.3. The van der Waals surface area contributed by atoms with Gasteiger partial charge in [-0.1, -0.05) is 13.0 Å². The molecular formula is C15H23NO2S. The largest absolute Gasteiger partial charge is 0.388 e. The predicted octanol–water partition coefficient (Wildman–Crippen LogP) is 2.74. The third kappa shape index (κ3) is 4.62. The molecule has 0 aliphatic heterocycles. The summed E-state index contributed by atoms with van der Waals surface area (Å²) in [6.45, 7) is 2.63. The van der Waals surface area contributed by atoms with Crippen molar-refractivity contribution in [3.05, 3.63) is 22.4 Å². The fraction of sp³-hybridized carbons (Fsp3) is 0.667. The second kappa shape index (κ2) is 6.53. The Morgan fingerprint density at radius 1 is 1.53 bits per heavy atom. The molecule has 0 unspecified atom stereocenters. The Morgan fingerprint density at radius 2 is 2.26 bits per heavy atom. The Morgan fingerprint density at radius 3 is 2.89 bits per heavy atom. The fourth-order valence-corrected chi connectivity index (χ4v) is 3.23. The summed E-state index contributed by atoms with van der Waals surface area (Å²) in [6.07, 6.45) is 5.02. The van der Waals surface area contributed by atoms with Gasteiger partial charge in [0, 0.05) is 17.8 Å². The van der Waals surface area contributed by atoms with Gasteiger partial charge in [0.05, 0.1) is 5.60 Å². The SMILES string of the molecule is CC1CCC(O)(CNC(=O)CCc2cccs2)CC1. The number of amides is 1. The van der Waals surface area contributed by atoms with Crippen molar-refractivity contribution in [2.24, 2.45) is 5.92 Å². The van der Waals surface area contributed by atoms with E-state index in [-0.39, 0.29) is 5.91 Å². The highest BCUT2D eigenvalue weighted by Gasteiger charge is 2.31. The minimum absolute atomic E-state index is 0.0421. The summed E-state index contributed by atoms with van der Waals surface area (Å²) in [5.41, 5.74) is -0.675. The first-order valence-corrected chi connectivity index (χ1v) is 7.97. The summed E-state index contributed by atoms with van der Waals surface area (Å²) in [5, 5.41) is 15.3. The van der Waals surface area contributed by atoms with Crippen molar-refractivity contribution in [3.8, 4) is 0 Å². The lowest BCUT2D eigenvalue weighted by Crippen LogP contribution is -2.45. The molecule has 0 radical (unpaired) electrons. The topological polar surface area (TPSA) is 49.3 Å². The van der Waals surface area contributed by atoms with E-state index >= 15 is 0 Å². The number of thiophene rings is 1. The molecule has 0 saturated heterocycles. The van der Waals surface area contributed by atoms with E-state index in [0.717, 1.165) is 32.1 Å². The standard InChI is InChI=1S/C15H23NO2S/c1-12-6-8-15(18,9-7-12)11-16-14(17)5-4-13-3-2-10-19-13/h2-3,10,12,18H,4-9,11H2,1H3,(H,16,17). The van der Waals surface area contributed by atoms with Gasteiger partial charge in [0.15, 0.2) is 0 Å². The maximum absolute atomic E-state index is 11.8. The second-order valence-electron chi connectivity index (χ2n) is 5.76. The summed E-state index contributed by atoms with van der Waals surface area (Å²) in [5.74, 6) is 0.746. The molecule has 0 bridgehead atoms. The average Bonchev–Trinajstić information content (AvgIpc) is 2.91. The number of rotatable bonds is 5. The summed E-state index contributed by atoms with van der Waals surface area (Å²) < 4.78 is 0. The molecule has 1 fully saturated rings. The Hall–Kier alpha value is -0.870. The molecule has 3 nitrogen and oxygen atoms in total.